The van der Waals surface area contributed by atoms with Crippen molar-refractivity contribution in [3.8, 4) is 11.4 Å². The van der Waals surface area contributed by atoms with Crippen LogP contribution in [-0.4, -0.2) is 9.97 Å². The summed E-state index contributed by atoms with van der Waals surface area (Å²) in [6, 6.07) is 14.3. The van der Waals surface area contributed by atoms with Crippen LogP contribution in [0.3, 0.4) is 0 Å². The zero-order chi connectivity index (χ0) is 17.1. The summed E-state index contributed by atoms with van der Waals surface area (Å²) < 4.78 is 1.04. The van der Waals surface area contributed by atoms with Gasteiger partial charge in [-0.15, -0.1) is 0 Å². The van der Waals surface area contributed by atoms with E-state index >= 15 is 0 Å². The van der Waals surface area contributed by atoms with Gasteiger partial charge in [-0.25, -0.2) is 9.97 Å². The highest BCUT2D eigenvalue weighted by atomic mass is 79.9. The second-order valence-corrected chi connectivity index (χ2v) is 7.12. The second kappa shape index (κ2) is 7.41. The van der Waals surface area contributed by atoms with E-state index in [9.17, 15) is 0 Å². The summed E-state index contributed by atoms with van der Waals surface area (Å²) in [5, 5.41) is 1.07. The van der Waals surface area contributed by atoms with Crippen molar-refractivity contribution in [1.29, 1.82) is 0 Å². The van der Waals surface area contributed by atoms with Gasteiger partial charge >= 0.3 is 0 Å². The Kier molecular flexibility index (Phi) is 5.27. The van der Waals surface area contributed by atoms with Gasteiger partial charge in [-0.2, -0.15) is 0 Å². The number of fused-ring (bicyclic) bond motifs is 1. The summed E-state index contributed by atoms with van der Waals surface area (Å²) in [5.74, 6) is 0.737. The molecule has 124 valence electrons. The van der Waals surface area contributed by atoms with E-state index in [1.807, 2.05) is 24.3 Å². The normalized spacial score (nSPS) is 12.5. The zero-order valence-corrected chi connectivity index (χ0v) is 15.7. The van der Waals surface area contributed by atoms with Crippen molar-refractivity contribution >= 4 is 26.8 Å². The van der Waals surface area contributed by atoms with Gasteiger partial charge in [-0.1, -0.05) is 59.5 Å². The number of halogens is 1. The van der Waals surface area contributed by atoms with Crippen LogP contribution in [0.5, 0.6) is 0 Å². The molecular formula is C20H22BrN3. The Labute approximate surface area is 151 Å². The van der Waals surface area contributed by atoms with E-state index < -0.39 is 0 Å². The van der Waals surface area contributed by atoms with E-state index in [-0.39, 0.29) is 6.04 Å². The number of unbranched alkanes of at least 4 members (excludes halogenated alkanes) is 1. The summed E-state index contributed by atoms with van der Waals surface area (Å²) in [4.78, 5) is 9.60. The predicted molar refractivity (Wildman–Crippen MR) is 104 cm³/mol. The van der Waals surface area contributed by atoms with Gasteiger partial charge < -0.3 is 5.73 Å². The first-order valence-electron chi connectivity index (χ1n) is 8.38. The first-order valence-corrected chi connectivity index (χ1v) is 9.17. The molecule has 3 rings (SSSR count). The minimum atomic E-state index is -0.0635. The fourth-order valence-electron chi connectivity index (χ4n) is 2.84. The van der Waals surface area contributed by atoms with Crippen LogP contribution in [0.2, 0.25) is 0 Å². The van der Waals surface area contributed by atoms with Crippen LogP contribution in [0.15, 0.2) is 46.9 Å². The minimum absolute atomic E-state index is 0.0635. The molecule has 4 heteroatoms. The standard InChI is InChI=1S/C20H22BrN3/c1-3-4-5-17(22)19-16-12-13(2)6-11-18(16)23-20(24-19)14-7-9-15(21)10-8-14/h6-12,17H,3-5,22H2,1-2H3. The van der Waals surface area contributed by atoms with Crippen LogP contribution in [0.1, 0.15) is 43.5 Å². The molecule has 24 heavy (non-hydrogen) atoms. The lowest BCUT2D eigenvalue weighted by Gasteiger charge is -2.15. The first-order chi connectivity index (χ1) is 11.6. The van der Waals surface area contributed by atoms with Gasteiger partial charge in [0.2, 0.25) is 0 Å². The minimum Gasteiger partial charge on any atom is -0.323 e. The molecule has 1 atom stereocenters. The van der Waals surface area contributed by atoms with Gasteiger partial charge in [0.15, 0.2) is 5.82 Å². The molecule has 0 saturated carbocycles. The largest absolute Gasteiger partial charge is 0.323 e. The number of aryl methyl sites for hydroxylation is 1. The van der Waals surface area contributed by atoms with Crippen LogP contribution >= 0.6 is 15.9 Å². The van der Waals surface area contributed by atoms with Gasteiger partial charge in [-0.05, 0) is 37.6 Å². The number of benzene rings is 2. The van der Waals surface area contributed by atoms with E-state index in [0.717, 1.165) is 51.7 Å². The van der Waals surface area contributed by atoms with Gasteiger partial charge in [0, 0.05) is 21.5 Å². The first kappa shape index (κ1) is 17.1. The average molecular weight is 384 g/mol. The van der Waals surface area contributed by atoms with Crippen molar-refractivity contribution in [2.75, 3.05) is 0 Å². The Morgan fingerprint density at radius 3 is 2.54 bits per heavy atom. The highest BCUT2D eigenvalue weighted by Gasteiger charge is 2.15. The quantitative estimate of drug-likeness (QED) is 0.627. The fourth-order valence-corrected chi connectivity index (χ4v) is 3.10. The van der Waals surface area contributed by atoms with Crippen molar-refractivity contribution in [1.82, 2.24) is 9.97 Å². The SMILES string of the molecule is CCCCC(N)c1nc(-c2ccc(Br)cc2)nc2ccc(C)cc12. The zero-order valence-electron chi connectivity index (χ0n) is 14.1. The third-order valence-corrected chi connectivity index (χ3v) is 4.73. The maximum atomic E-state index is 6.47. The molecule has 2 N–H and O–H groups in total. The molecule has 1 aromatic heterocycles. The topological polar surface area (TPSA) is 51.8 Å². The Hall–Kier alpha value is -1.78. The van der Waals surface area contributed by atoms with E-state index in [4.69, 9.17) is 15.7 Å². The van der Waals surface area contributed by atoms with Gasteiger partial charge in [0.25, 0.3) is 0 Å². The highest BCUT2D eigenvalue weighted by molar-refractivity contribution is 9.10. The molecule has 0 saturated heterocycles. The van der Waals surface area contributed by atoms with Gasteiger partial charge in [-0.3, -0.25) is 0 Å². The number of nitrogens with zero attached hydrogens (tertiary/aromatic N) is 2. The molecule has 0 bridgehead atoms. The van der Waals surface area contributed by atoms with Crippen LogP contribution in [0, 0.1) is 6.92 Å². The Morgan fingerprint density at radius 2 is 1.83 bits per heavy atom. The predicted octanol–water partition coefficient (Wildman–Crippen LogP) is 5.56. The fraction of sp³-hybridized carbons (Fsp3) is 0.300. The summed E-state index contributed by atoms with van der Waals surface area (Å²) >= 11 is 3.47. The molecule has 0 radical (unpaired) electrons. The molecule has 1 unspecified atom stereocenters. The molecule has 0 aliphatic carbocycles. The van der Waals surface area contributed by atoms with Crippen molar-refractivity contribution in [3.05, 3.63) is 58.2 Å². The van der Waals surface area contributed by atoms with Crippen molar-refractivity contribution in [3.63, 3.8) is 0 Å². The molecule has 0 spiro atoms. The van der Waals surface area contributed by atoms with E-state index in [1.54, 1.807) is 0 Å². The van der Waals surface area contributed by atoms with E-state index in [2.05, 4.69) is 48.0 Å². The molecule has 3 aromatic rings. The Balaban J connectivity index is 2.14. The molecule has 2 aromatic carbocycles. The third-order valence-electron chi connectivity index (χ3n) is 4.20. The number of aromatic nitrogens is 2. The molecule has 0 fully saturated rings. The van der Waals surface area contributed by atoms with Crippen molar-refractivity contribution in [2.24, 2.45) is 5.73 Å². The maximum Gasteiger partial charge on any atom is 0.160 e. The lowest BCUT2D eigenvalue weighted by Crippen LogP contribution is -2.14. The van der Waals surface area contributed by atoms with Gasteiger partial charge in [0.1, 0.15) is 0 Å². The molecule has 3 nitrogen and oxygen atoms in total. The van der Waals surface area contributed by atoms with E-state index in [0.29, 0.717) is 0 Å². The molecule has 0 amide bonds. The summed E-state index contributed by atoms with van der Waals surface area (Å²) in [7, 11) is 0. The third kappa shape index (κ3) is 3.65. The van der Waals surface area contributed by atoms with Crippen molar-refractivity contribution in [2.45, 2.75) is 39.2 Å². The molecule has 0 aliphatic heterocycles. The summed E-state index contributed by atoms with van der Waals surface area (Å²) in [6.07, 6.45) is 3.18. The van der Waals surface area contributed by atoms with Gasteiger partial charge in [0.05, 0.1) is 11.2 Å². The number of hydrogen-bond donors (Lipinski definition) is 1. The highest BCUT2D eigenvalue weighted by Crippen LogP contribution is 2.28. The van der Waals surface area contributed by atoms with Crippen molar-refractivity contribution < 1.29 is 0 Å². The van der Waals surface area contributed by atoms with Crippen LogP contribution < -0.4 is 5.73 Å². The average Bonchev–Trinajstić information content (AvgIpc) is 2.59. The Morgan fingerprint density at radius 1 is 1.08 bits per heavy atom. The summed E-state index contributed by atoms with van der Waals surface area (Å²) in [5.41, 5.74) is 10.6. The molecular weight excluding hydrogens is 362 g/mol. The van der Waals surface area contributed by atoms with Crippen LogP contribution in [-0.2, 0) is 0 Å². The Bertz CT molecular complexity index is 843. The number of hydrogen-bond acceptors (Lipinski definition) is 3. The monoisotopic (exact) mass is 383 g/mol. The molecule has 1 heterocycles. The summed E-state index contributed by atoms with van der Waals surface area (Å²) in [6.45, 7) is 4.27. The lowest BCUT2D eigenvalue weighted by atomic mass is 10.0. The number of rotatable bonds is 5. The van der Waals surface area contributed by atoms with E-state index in [1.165, 1.54) is 5.56 Å². The smallest absolute Gasteiger partial charge is 0.160 e. The maximum absolute atomic E-state index is 6.47. The lowest BCUT2D eigenvalue weighted by molar-refractivity contribution is 0.594. The number of nitrogens with two attached hydrogens (primary N) is 1. The second-order valence-electron chi connectivity index (χ2n) is 6.21. The van der Waals surface area contributed by atoms with Crippen LogP contribution in [0.25, 0.3) is 22.3 Å². The van der Waals surface area contributed by atoms with Crippen LogP contribution in [0.4, 0.5) is 0 Å². The molecule has 0 aliphatic rings.